The third kappa shape index (κ3) is 4.40. The molecule has 4 aromatic rings. The van der Waals surface area contributed by atoms with Gasteiger partial charge in [0.1, 0.15) is 5.75 Å². The fourth-order valence-corrected chi connectivity index (χ4v) is 2.80. The molecule has 0 bridgehead atoms. The van der Waals surface area contributed by atoms with Gasteiger partial charge in [0.2, 0.25) is 18.2 Å². The van der Waals surface area contributed by atoms with E-state index in [-0.39, 0.29) is 17.5 Å². The molecule has 0 aliphatic carbocycles. The molecular weight excluding hydrogens is 403 g/mol. The van der Waals surface area contributed by atoms with Crippen LogP contribution in [-0.4, -0.2) is 31.5 Å². The maximum atomic E-state index is 12.3. The van der Waals surface area contributed by atoms with Crippen molar-refractivity contribution in [2.75, 3.05) is 0 Å². The van der Waals surface area contributed by atoms with Crippen molar-refractivity contribution in [3.63, 3.8) is 0 Å². The van der Waals surface area contributed by atoms with Crippen molar-refractivity contribution in [2.24, 2.45) is 0 Å². The standard InChI is InChI=1S/C19H15F3N5O3/c1-12-9-16(24-27(12)11-13-3-2-8-26(28)10-13)18-23-17(25-30-18)14-4-6-15(7-5-14)29-19(20,21)22/h2-10,28H,11H2,1H3/q+1. The van der Waals surface area contributed by atoms with E-state index >= 15 is 0 Å². The molecule has 0 fully saturated rings. The van der Waals surface area contributed by atoms with Crippen LogP contribution in [0.1, 0.15) is 11.3 Å². The molecule has 0 aliphatic heterocycles. The summed E-state index contributed by atoms with van der Waals surface area (Å²) >= 11 is 0. The fraction of sp³-hybridized carbons (Fsp3) is 0.158. The summed E-state index contributed by atoms with van der Waals surface area (Å²) in [5, 5.41) is 17.8. The van der Waals surface area contributed by atoms with Gasteiger partial charge in [-0.1, -0.05) is 5.16 Å². The van der Waals surface area contributed by atoms with E-state index in [1.807, 2.05) is 13.0 Å². The number of nitrogens with zero attached hydrogens (tertiary/aromatic N) is 5. The van der Waals surface area contributed by atoms with Gasteiger partial charge < -0.3 is 9.26 Å². The average molecular weight is 418 g/mol. The Hall–Kier alpha value is -3.89. The molecule has 0 unspecified atom stereocenters. The van der Waals surface area contributed by atoms with Crippen LogP contribution in [0.4, 0.5) is 13.2 Å². The monoisotopic (exact) mass is 418 g/mol. The summed E-state index contributed by atoms with van der Waals surface area (Å²) in [5.74, 6) is 0.0438. The molecule has 8 nitrogen and oxygen atoms in total. The SMILES string of the molecule is Cc1cc(-c2nc(-c3ccc(OC(F)(F)F)cc3)no2)nn1Cc1ccc[n+](O)c1. The van der Waals surface area contributed by atoms with E-state index in [4.69, 9.17) is 4.52 Å². The van der Waals surface area contributed by atoms with Crippen LogP contribution in [0.25, 0.3) is 23.0 Å². The number of aryl methyl sites for hydroxylation is 1. The van der Waals surface area contributed by atoms with E-state index in [1.54, 1.807) is 23.0 Å². The third-order valence-electron chi connectivity index (χ3n) is 4.15. The summed E-state index contributed by atoms with van der Waals surface area (Å²) in [4.78, 5) is 4.27. The number of aromatic nitrogens is 5. The molecule has 1 aromatic carbocycles. The molecule has 0 spiro atoms. The zero-order valence-electron chi connectivity index (χ0n) is 15.5. The van der Waals surface area contributed by atoms with Crippen LogP contribution in [0.2, 0.25) is 0 Å². The first-order chi connectivity index (χ1) is 14.3. The number of hydrogen-bond acceptors (Lipinski definition) is 6. The lowest BCUT2D eigenvalue weighted by Crippen LogP contribution is -2.29. The van der Waals surface area contributed by atoms with Crippen LogP contribution in [0.15, 0.2) is 59.4 Å². The minimum Gasteiger partial charge on any atom is -0.406 e. The second-order valence-electron chi connectivity index (χ2n) is 6.42. The summed E-state index contributed by atoms with van der Waals surface area (Å²) in [5.41, 5.74) is 2.60. The molecule has 0 aliphatic rings. The molecule has 154 valence electrons. The Kier molecular flexibility index (Phi) is 4.86. The maximum Gasteiger partial charge on any atom is 0.573 e. The second kappa shape index (κ2) is 7.50. The summed E-state index contributed by atoms with van der Waals surface area (Å²) in [6.07, 6.45) is -1.68. The number of benzene rings is 1. The van der Waals surface area contributed by atoms with Gasteiger partial charge >= 0.3 is 6.36 Å². The van der Waals surface area contributed by atoms with E-state index < -0.39 is 6.36 Å². The van der Waals surface area contributed by atoms with Gasteiger partial charge in [0, 0.05) is 27.6 Å². The molecule has 4 rings (SSSR count). The first-order valence-corrected chi connectivity index (χ1v) is 8.71. The van der Waals surface area contributed by atoms with Crippen molar-refractivity contribution in [1.82, 2.24) is 19.9 Å². The Bertz CT molecular complexity index is 1170. The van der Waals surface area contributed by atoms with Crippen LogP contribution in [0.5, 0.6) is 5.75 Å². The van der Waals surface area contributed by atoms with Crippen molar-refractivity contribution in [3.8, 4) is 28.7 Å². The summed E-state index contributed by atoms with van der Waals surface area (Å²) < 4.78 is 48.6. The average Bonchev–Trinajstić information content (AvgIpc) is 3.29. The Labute approximate surface area is 167 Å². The zero-order chi connectivity index (χ0) is 21.3. The number of rotatable bonds is 5. The minimum absolute atomic E-state index is 0.174. The topological polar surface area (TPSA) is 90.1 Å². The van der Waals surface area contributed by atoms with Gasteiger partial charge in [-0.2, -0.15) is 10.1 Å². The summed E-state index contributed by atoms with van der Waals surface area (Å²) in [7, 11) is 0. The quantitative estimate of drug-likeness (QED) is 0.395. The molecule has 0 saturated heterocycles. The number of ether oxygens (including phenoxy) is 1. The number of hydrogen-bond donors (Lipinski definition) is 1. The lowest BCUT2D eigenvalue weighted by atomic mass is 10.2. The summed E-state index contributed by atoms with van der Waals surface area (Å²) in [6, 6.07) is 10.5. The molecule has 3 aromatic heterocycles. The highest BCUT2D eigenvalue weighted by Crippen LogP contribution is 2.27. The Morgan fingerprint density at radius 2 is 1.97 bits per heavy atom. The Morgan fingerprint density at radius 3 is 2.67 bits per heavy atom. The van der Waals surface area contributed by atoms with Gasteiger partial charge in [0.15, 0.2) is 5.69 Å². The van der Waals surface area contributed by atoms with Gasteiger partial charge in [-0.05, 0) is 43.3 Å². The van der Waals surface area contributed by atoms with E-state index in [1.165, 1.54) is 30.5 Å². The molecule has 11 heteroatoms. The molecule has 0 atom stereocenters. The highest BCUT2D eigenvalue weighted by atomic mass is 19.4. The van der Waals surface area contributed by atoms with E-state index in [0.29, 0.717) is 17.8 Å². The van der Waals surface area contributed by atoms with Crippen LogP contribution in [0.3, 0.4) is 0 Å². The normalized spacial score (nSPS) is 11.6. The second-order valence-corrected chi connectivity index (χ2v) is 6.42. The highest BCUT2D eigenvalue weighted by molar-refractivity contribution is 5.58. The number of alkyl halides is 3. The molecule has 0 saturated carbocycles. The van der Waals surface area contributed by atoms with Crippen molar-refractivity contribution >= 4 is 0 Å². The number of halogens is 3. The maximum absolute atomic E-state index is 12.3. The first kappa shape index (κ1) is 19.4. The van der Waals surface area contributed by atoms with Gasteiger partial charge in [-0.3, -0.25) is 9.89 Å². The molecular formula is C19H15F3N5O3+. The van der Waals surface area contributed by atoms with Crippen molar-refractivity contribution < 1.29 is 32.4 Å². The van der Waals surface area contributed by atoms with Gasteiger partial charge in [-0.15, -0.1) is 13.2 Å². The van der Waals surface area contributed by atoms with Crippen LogP contribution in [0, 0.1) is 6.92 Å². The van der Waals surface area contributed by atoms with Gasteiger partial charge in [0.05, 0.1) is 6.54 Å². The molecule has 1 N–H and O–H groups in total. The largest absolute Gasteiger partial charge is 0.573 e. The third-order valence-corrected chi connectivity index (χ3v) is 4.15. The van der Waals surface area contributed by atoms with Crippen LogP contribution >= 0.6 is 0 Å². The minimum atomic E-state index is -4.76. The molecule has 0 radical (unpaired) electrons. The number of pyridine rings is 1. The Balaban J connectivity index is 1.53. The predicted molar refractivity (Wildman–Crippen MR) is 95.3 cm³/mol. The molecule has 3 heterocycles. The van der Waals surface area contributed by atoms with Crippen molar-refractivity contribution in [2.45, 2.75) is 19.8 Å². The van der Waals surface area contributed by atoms with Crippen molar-refractivity contribution in [1.29, 1.82) is 0 Å². The van der Waals surface area contributed by atoms with E-state index in [2.05, 4.69) is 20.0 Å². The molecule has 30 heavy (non-hydrogen) atoms. The lowest BCUT2D eigenvalue weighted by molar-refractivity contribution is -0.905. The highest BCUT2D eigenvalue weighted by Gasteiger charge is 2.31. The zero-order valence-corrected chi connectivity index (χ0v) is 15.5. The van der Waals surface area contributed by atoms with Gasteiger partial charge in [-0.25, -0.2) is 0 Å². The lowest BCUT2D eigenvalue weighted by Gasteiger charge is -2.08. The van der Waals surface area contributed by atoms with E-state index in [0.717, 1.165) is 16.0 Å². The van der Waals surface area contributed by atoms with Gasteiger partial charge in [0.25, 0.3) is 5.89 Å². The van der Waals surface area contributed by atoms with Crippen LogP contribution in [-0.2, 0) is 6.54 Å². The smallest absolute Gasteiger partial charge is 0.406 e. The predicted octanol–water partition coefficient (Wildman–Crippen LogP) is 3.38. The summed E-state index contributed by atoms with van der Waals surface area (Å²) in [6.45, 7) is 2.29. The Morgan fingerprint density at radius 1 is 1.20 bits per heavy atom. The first-order valence-electron chi connectivity index (χ1n) is 8.71. The van der Waals surface area contributed by atoms with E-state index in [9.17, 15) is 18.4 Å². The van der Waals surface area contributed by atoms with Crippen LogP contribution < -0.4 is 9.47 Å². The molecule has 0 amide bonds. The van der Waals surface area contributed by atoms with Crippen molar-refractivity contribution in [3.05, 3.63) is 66.1 Å². The fourth-order valence-electron chi connectivity index (χ4n) is 2.80.